The van der Waals surface area contributed by atoms with E-state index in [-0.39, 0.29) is 5.56 Å². The predicted molar refractivity (Wildman–Crippen MR) is 54.4 cm³/mol. The molecule has 0 N–H and O–H groups in total. The molecule has 1 saturated carbocycles. The summed E-state index contributed by atoms with van der Waals surface area (Å²) in [7, 11) is 0. The third kappa shape index (κ3) is 1.04. The van der Waals surface area contributed by atoms with E-state index in [1.165, 1.54) is 12.8 Å². The number of rotatable bonds is 1. The molecule has 0 radical (unpaired) electrons. The summed E-state index contributed by atoms with van der Waals surface area (Å²) in [6.07, 6.45) is 2.35. The largest absolute Gasteiger partial charge is 0.268 e. The second kappa shape index (κ2) is 2.45. The highest BCUT2D eigenvalue weighted by atomic mass is 32.1. The van der Waals surface area contributed by atoms with Crippen LogP contribution in [0.3, 0.4) is 0 Å². The average molecular weight is 191 g/mol. The molecular formula is C10H9NOS. The molecule has 3 heteroatoms. The molecule has 0 amide bonds. The molecular weight excluding hydrogens is 182 g/mol. The minimum Gasteiger partial charge on any atom is -0.268 e. The van der Waals surface area contributed by atoms with Crippen LogP contribution in [0.15, 0.2) is 29.1 Å². The Kier molecular flexibility index (Phi) is 1.38. The van der Waals surface area contributed by atoms with Gasteiger partial charge in [-0.3, -0.25) is 8.75 Å². The number of hydrogen-bond acceptors (Lipinski definition) is 2. The first-order chi connectivity index (χ1) is 6.36. The van der Waals surface area contributed by atoms with Gasteiger partial charge in [0, 0.05) is 6.04 Å². The maximum Gasteiger partial charge on any atom is 0.268 e. The van der Waals surface area contributed by atoms with Gasteiger partial charge < -0.3 is 0 Å². The first kappa shape index (κ1) is 7.33. The van der Waals surface area contributed by atoms with Crippen LogP contribution in [-0.4, -0.2) is 3.96 Å². The van der Waals surface area contributed by atoms with E-state index in [0.29, 0.717) is 6.04 Å². The van der Waals surface area contributed by atoms with Crippen molar-refractivity contribution < 1.29 is 0 Å². The first-order valence-corrected chi connectivity index (χ1v) is 5.24. The molecule has 0 saturated heterocycles. The Morgan fingerprint density at radius 1 is 1.31 bits per heavy atom. The van der Waals surface area contributed by atoms with Gasteiger partial charge in [-0.15, -0.1) is 0 Å². The summed E-state index contributed by atoms with van der Waals surface area (Å²) in [4.78, 5) is 11.8. The molecule has 1 aromatic carbocycles. The van der Waals surface area contributed by atoms with Crippen LogP contribution in [0, 0.1) is 0 Å². The number of aromatic nitrogens is 1. The van der Waals surface area contributed by atoms with Gasteiger partial charge in [0.15, 0.2) is 0 Å². The molecule has 0 bridgehead atoms. The summed E-state index contributed by atoms with van der Waals surface area (Å²) in [6.45, 7) is 0. The minimum atomic E-state index is 0.197. The van der Waals surface area contributed by atoms with Crippen molar-refractivity contribution in [3.05, 3.63) is 34.6 Å². The maximum atomic E-state index is 11.8. The fourth-order valence-corrected chi connectivity index (χ4v) is 2.68. The lowest BCUT2D eigenvalue weighted by atomic mass is 10.3. The van der Waals surface area contributed by atoms with E-state index < -0.39 is 0 Å². The van der Waals surface area contributed by atoms with E-state index in [1.54, 1.807) is 11.5 Å². The van der Waals surface area contributed by atoms with Gasteiger partial charge >= 0.3 is 0 Å². The second-order valence-electron chi connectivity index (χ2n) is 3.45. The molecule has 66 valence electrons. The predicted octanol–water partition coefficient (Wildman–Crippen LogP) is 2.40. The summed E-state index contributed by atoms with van der Waals surface area (Å²) in [5.74, 6) is 0. The van der Waals surface area contributed by atoms with Crippen molar-refractivity contribution in [2.75, 3.05) is 0 Å². The van der Waals surface area contributed by atoms with E-state index in [2.05, 4.69) is 0 Å². The van der Waals surface area contributed by atoms with E-state index in [1.807, 2.05) is 28.2 Å². The standard InChI is InChI=1S/C10H9NOS/c12-10-8-3-1-2-4-9(8)13-11(10)7-5-6-7/h1-4,7H,5-6H2. The molecule has 13 heavy (non-hydrogen) atoms. The molecule has 2 nitrogen and oxygen atoms in total. The van der Waals surface area contributed by atoms with Crippen molar-refractivity contribution in [1.29, 1.82) is 0 Å². The summed E-state index contributed by atoms with van der Waals surface area (Å²) in [5, 5.41) is 0.874. The van der Waals surface area contributed by atoms with Crippen LogP contribution in [0.1, 0.15) is 18.9 Å². The molecule has 0 spiro atoms. The van der Waals surface area contributed by atoms with Gasteiger partial charge in [-0.2, -0.15) is 0 Å². The molecule has 1 fully saturated rings. The van der Waals surface area contributed by atoms with Crippen LogP contribution in [0.2, 0.25) is 0 Å². The highest BCUT2D eigenvalue weighted by Gasteiger charge is 2.26. The molecule has 1 aliphatic rings. The van der Waals surface area contributed by atoms with Crippen molar-refractivity contribution in [1.82, 2.24) is 3.96 Å². The average Bonchev–Trinajstić information content (AvgIpc) is 2.94. The van der Waals surface area contributed by atoms with E-state index in [9.17, 15) is 4.79 Å². The van der Waals surface area contributed by atoms with Gasteiger partial charge in [0.05, 0.1) is 10.1 Å². The Hall–Kier alpha value is -1.09. The number of fused-ring (bicyclic) bond motifs is 1. The number of benzene rings is 1. The zero-order valence-corrected chi connectivity index (χ0v) is 7.88. The normalized spacial score (nSPS) is 16.6. The van der Waals surface area contributed by atoms with Crippen LogP contribution in [0.25, 0.3) is 10.1 Å². The summed E-state index contributed by atoms with van der Waals surface area (Å²) in [5.41, 5.74) is 0.197. The summed E-state index contributed by atoms with van der Waals surface area (Å²) < 4.78 is 3.03. The zero-order chi connectivity index (χ0) is 8.84. The molecule has 2 aromatic rings. The quantitative estimate of drug-likeness (QED) is 0.678. The Morgan fingerprint density at radius 2 is 2.08 bits per heavy atom. The molecule has 1 aliphatic carbocycles. The third-order valence-electron chi connectivity index (χ3n) is 2.39. The second-order valence-corrected chi connectivity index (χ2v) is 4.47. The van der Waals surface area contributed by atoms with Crippen molar-refractivity contribution >= 4 is 21.6 Å². The Labute approximate surface area is 79.6 Å². The van der Waals surface area contributed by atoms with Gasteiger partial charge in [-0.25, -0.2) is 0 Å². The molecule has 0 atom stereocenters. The van der Waals surface area contributed by atoms with Crippen LogP contribution < -0.4 is 5.56 Å². The Morgan fingerprint density at radius 3 is 2.77 bits per heavy atom. The number of nitrogens with zero attached hydrogens (tertiary/aromatic N) is 1. The maximum absolute atomic E-state index is 11.8. The topological polar surface area (TPSA) is 22.0 Å². The zero-order valence-electron chi connectivity index (χ0n) is 7.06. The Balaban J connectivity index is 2.37. The minimum absolute atomic E-state index is 0.197. The summed E-state index contributed by atoms with van der Waals surface area (Å²) >= 11 is 1.60. The van der Waals surface area contributed by atoms with Crippen LogP contribution in [0.5, 0.6) is 0 Å². The third-order valence-corrected chi connectivity index (χ3v) is 3.61. The fourth-order valence-electron chi connectivity index (χ4n) is 1.54. The van der Waals surface area contributed by atoms with E-state index in [4.69, 9.17) is 0 Å². The van der Waals surface area contributed by atoms with Crippen molar-refractivity contribution in [2.45, 2.75) is 18.9 Å². The van der Waals surface area contributed by atoms with Gasteiger partial charge in [0.1, 0.15) is 0 Å². The first-order valence-electron chi connectivity index (χ1n) is 4.47. The monoisotopic (exact) mass is 191 g/mol. The van der Waals surface area contributed by atoms with Gasteiger partial charge in [-0.1, -0.05) is 23.7 Å². The summed E-state index contributed by atoms with van der Waals surface area (Å²) in [6, 6.07) is 8.33. The molecule has 1 aromatic heterocycles. The Bertz CT molecular complexity index is 507. The lowest BCUT2D eigenvalue weighted by Crippen LogP contribution is -2.10. The van der Waals surface area contributed by atoms with Crippen LogP contribution in [-0.2, 0) is 0 Å². The lowest BCUT2D eigenvalue weighted by Gasteiger charge is -1.90. The van der Waals surface area contributed by atoms with Gasteiger partial charge in [0.25, 0.3) is 5.56 Å². The van der Waals surface area contributed by atoms with Crippen LogP contribution >= 0.6 is 11.5 Å². The van der Waals surface area contributed by atoms with E-state index >= 15 is 0 Å². The smallest absolute Gasteiger partial charge is 0.268 e. The molecule has 0 aliphatic heterocycles. The highest BCUT2D eigenvalue weighted by molar-refractivity contribution is 7.13. The molecule has 0 unspecified atom stereocenters. The van der Waals surface area contributed by atoms with Crippen molar-refractivity contribution in [2.24, 2.45) is 0 Å². The lowest BCUT2D eigenvalue weighted by molar-refractivity contribution is 0.793. The van der Waals surface area contributed by atoms with Gasteiger partial charge in [-0.05, 0) is 25.0 Å². The van der Waals surface area contributed by atoms with E-state index in [0.717, 1.165) is 10.1 Å². The van der Waals surface area contributed by atoms with Crippen LogP contribution in [0.4, 0.5) is 0 Å². The SMILES string of the molecule is O=c1c2ccccc2sn1C1CC1. The molecule has 3 rings (SSSR count). The van der Waals surface area contributed by atoms with Gasteiger partial charge in [0.2, 0.25) is 0 Å². The fraction of sp³-hybridized carbons (Fsp3) is 0.300. The molecule has 1 heterocycles. The van der Waals surface area contributed by atoms with Crippen molar-refractivity contribution in [3.8, 4) is 0 Å². The number of hydrogen-bond donors (Lipinski definition) is 0. The highest BCUT2D eigenvalue weighted by Crippen LogP contribution is 2.36. The van der Waals surface area contributed by atoms with Crippen molar-refractivity contribution in [3.63, 3.8) is 0 Å².